The number of hydrogen-bond acceptors (Lipinski definition) is 2. The zero-order valence-electron chi connectivity index (χ0n) is 19.5. The van der Waals surface area contributed by atoms with Crippen LogP contribution in [0.4, 0.5) is 0 Å². The zero-order chi connectivity index (χ0) is 22.9. The molecule has 1 aliphatic heterocycles. The van der Waals surface area contributed by atoms with Crippen LogP contribution >= 0.6 is 0 Å². The van der Waals surface area contributed by atoms with Gasteiger partial charge in [-0.05, 0) is 97.9 Å². The first-order valence-corrected chi connectivity index (χ1v) is 11.8. The fourth-order valence-electron chi connectivity index (χ4n) is 4.42. The molecule has 0 radical (unpaired) electrons. The smallest absolute Gasteiger partial charge is 0.331 e. The second kappa shape index (κ2) is 8.87. The predicted molar refractivity (Wildman–Crippen MR) is 129 cm³/mol. The van der Waals surface area contributed by atoms with Gasteiger partial charge in [-0.3, -0.25) is 0 Å². The van der Waals surface area contributed by atoms with Crippen molar-refractivity contribution in [2.24, 2.45) is 0 Å². The Morgan fingerprint density at radius 1 is 1.06 bits per heavy atom. The van der Waals surface area contributed by atoms with E-state index in [1.807, 2.05) is 38.1 Å². The van der Waals surface area contributed by atoms with Crippen LogP contribution in [0.25, 0.3) is 6.08 Å². The molecule has 0 saturated heterocycles. The molecular formula is C29H32O3. The van der Waals surface area contributed by atoms with Crippen molar-refractivity contribution in [3.63, 3.8) is 0 Å². The molecule has 0 aromatic heterocycles. The number of hydrogen-bond donors (Lipinski definition) is 1. The lowest BCUT2D eigenvalue weighted by atomic mass is 9.86. The summed E-state index contributed by atoms with van der Waals surface area (Å²) in [6.45, 7) is 7.92. The number of carboxylic acids is 1. The fraction of sp³-hybridized carbons (Fsp3) is 0.414. The fourth-order valence-corrected chi connectivity index (χ4v) is 4.42. The summed E-state index contributed by atoms with van der Waals surface area (Å²) in [5, 5.41) is 9.01. The van der Waals surface area contributed by atoms with E-state index in [0.717, 1.165) is 28.9 Å². The molecule has 3 aliphatic rings. The van der Waals surface area contributed by atoms with Crippen molar-refractivity contribution in [1.82, 2.24) is 0 Å². The largest absolute Gasteiger partial charge is 0.487 e. The first-order valence-electron chi connectivity index (χ1n) is 11.8. The SMILES string of the molecule is C/C(=C\c1ccc(C#Cc2cc3c(c(C4CC4)c2)OC2(CC2)CC3C)cc1)C(=O)O.CC. The molecule has 5 rings (SSSR count). The summed E-state index contributed by atoms with van der Waals surface area (Å²) >= 11 is 0. The summed E-state index contributed by atoms with van der Waals surface area (Å²) in [4.78, 5) is 11.0. The molecule has 1 unspecified atom stereocenters. The Labute approximate surface area is 191 Å². The quantitative estimate of drug-likeness (QED) is 0.427. The number of carbonyl (C=O) groups is 1. The number of aliphatic carboxylic acids is 1. The minimum atomic E-state index is -0.899. The topological polar surface area (TPSA) is 46.5 Å². The maximum Gasteiger partial charge on any atom is 0.331 e. The van der Waals surface area contributed by atoms with E-state index in [1.54, 1.807) is 13.0 Å². The van der Waals surface area contributed by atoms with E-state index < -0.39 is 5.97 Å². The molecule has 2 fully saturated rings. The molecule has 1 atom stereocenters. The molecule has 32 heavy (non-hydrogen) atoms. The average molecular weight is 429 g/mol. The third-order valence-electron chi connectivity index (χ3n) is 6.48. The third kappa shape index (κ3) is 4.75. The van der Waals surface area contributed by atoms with Crippen molar-refractivity contribution in [2.75, 3.05) is 0 Å². The van der Waals surface area contributed by atoms with E-state index in [9.17, 15) is 4.79 Å². The van der Waals surface area contributed by atoms with Crippen LogP contribution in [0.5, 0.6) is 5.75 Å². The highest BCUT2D eigenvalue weighted by atomic mass is 16.5. The molecule has 0 bridgehead atoms. The summed E-state index contributed by atoms with van der Waals surface area (Å²) in [6, 6.07) is 12.2. The Morgan fingerprint density at radius 3 is 2.28 bits per heavy atom. The van der Waals surface area contributed by atoms with Gasteiger partial charge in [-0.1, -0.05) is 44.7 Å². The Balaban J connectivity index is 0.00000119. The number of benzene rings is 2. The van der Waals surface area contributed by atoms with E-state index >= 15 is 0 Å². The van der Waals surface area contributed by atoms with Crippen molar-refractivity contribution < 1.29 is 14.6 Å². The van der Waals surface area contributed by atoms with Crippen LogP contribution in [0.15, 0.2) is 42.0 Å². The monoisotopic (exact) mass is 428 g/mol. The van der Waals surface area contributed by atoms with Gasteiger partial charge in [-0.2, -0.15) is 0 Å². The van der Waals surface area contributed by atoms with Gasteiger partial charge >= 0.3 is 5.97 Å². The molecule has 1 N–H and O–H groups in total. The number of fused-ring (bicyclic) bond motifs is 1. The van der Waals surface area contributed by atoms with Gasteiger partial charge in [-0.15, -0.1) is 0 Å². The first-order chi connectivity index (χ1) is 15.4. The van der Waals surface area contributed by atoms with Gasteiger partial charge in [0.25, 0.3) is 0 Å². The number of ether oxygens (including phenoxy) is 1. The average Bonchev–Trinajstić information content (AvgIpc) is 3.72. The van der Waals surface area contributed by atoms with Gasteiger partial charge in [0.2, 0.25) is 0 Å². The molecule has 1 spiro atoms. The molecule has 0 amide bonds. The van der Waals surface area contributed by atoms with Gasteiger partial charge in [0.15, 0.2) is 0 Å². The molecule has 166 valence electrons. The molecule has 2 aromatic rings. The minimum Gasteiger partial charge on any atom is -0.487 e. The van der Waals surface area contributed by atoms with Crippen LogP contribution in [0, 0.1) is 11.8 Å². The second-order valence-electron chi connectivity index (χ2n) is 9.15. The van der Waals surface area contributed by atoms with E-state index in [1.165, 1.54) is 36.8 Å². The second-order valence-corrected chi connectivity index (χ2v) is 9.15. The summed E-state index contributed by atoms with van der Waals surface area (Å²) < 4.78 is 6.52. The van der Waals surface area contributed by atoms with E-state index in [4.69, 9.17) is 9.84 Å². The predicted octanol–water partition coefficient (Wildman–Crippen LogP) is 6.90. The third-order valence-corrected chi connectivity index (χ3v) is 6.48. The summed E-state index contributed by atoms with van der Waals surface area (Å²) in [6.07, 6.45) is 7.67. The van der Waals surface area contributed by atoms with Crippen LogP contribution in [-0.4, -0.2) is 16.7 Å². The molecule has 2 saturated carbocycles. The lowest BCUT2D eigenvalue weighted by Crippen LogP contribution is -2.27. The molecular weight excluding hydrogens is 396 g/mol. The Bertz CT molecular complexity index is 1090. The van der Waals surface area contributed by atoms with Gasteiger partial charge in [0, 0.05) is 16.7 Å². The Morgan fingerprint density at radius 2 is 1.69 bits per heavy atom. The van der Waals surface area contributed by atoms with E-state index in [2.05, 4.69) is 30.9 Å². The van der Waals surface area contributed by atoms with Crippen LogP contribution in [0.2, 0.25) is 0 Å². The van der Waals surface area contributed by atoms with Crippen molar-refractivity contribution >= 4 is 12.0 Å². The highest BCUT2D eigenvalue weighted by molar-refractivity contribution is 5.91. The van der Waals surface area contributed by atoms with Crippen molar-refractivity contribution in [1.29, 1.82) is 0 Å². The first kappa shape index (κ1) is 22.2. The Kier molecular flexibility index (Phi) is 6.15. The minimum absolute atomic E-state index is 0.123. The molecule has 3 heteroatoms. The Hall–Kier alpha value is -2.99. The van der Waals surface area contributed by atoms with Crippen LogP contribution in [0.1, 0.15) is 99.5 Å². The van der Waals surface area contributed by atoms with Gasteiger partial charge < -0.3 is 9.84 Å². The molecule has 1 heterocycles. The highest BCUT2D eigenvalue weighted by Gasteiger charge is 2.50. The number of carboxylic acid groups (broad SMARTS) is 1. The zero-order valence-corrected chi connectivity index (χ0v) is 19.5. The maximum atomic E-state index is 11.0. The summed E-state index contributed by atoms with van der Waals surface area (Å²) in [5.74, 6) is 8.03. The standard InChI is InChI=1S/C27H26O3.C2H6/c1-17(26(28)29)13-20-6-3-19(4-7-20)5-8-21-14-23-18(2)16-27(11-12-27)30-25(23)24(15-21)22-9-10-22;1-2/h3-4,6-7,13-15,18,22H,9-12,16H2,1-2H3,(H,28,29);1-2H3/b17-13+;. The van der Waals surface area contributed by atoms with Crippen LogP contribution in [0.3, 0.4) is 0 Å². The lowest BCUT2D eigenvalue weighted by molar-refractivity contribution is -0.132. The van der Waals surface area contributed by atoms with E-state index in [0.29, 0.717) is 17.4 Å². The maximum absolute atomic E-state index is 11.0. The lowest BCUT2D eigenvalue weighted by Gasteiger charge is -2.32. The van der Waals surface area contributed by atoms with Gasteiger partial charge in [0.1, 0.15) is 11.4 Å². The van der Waals surface area contributed by atoms with E-state index in [-0.39, 0.29) is 5.60 Å². The van der Waals surface area contributed by atoms with Crippen LogP contribution in [-0.2, 0) is 4.79 Å². The summed E-state index contributed by atoms with van der Waals surface area (Å²) in [5.41, 5.74) is 5.98. The van der Waals surface area contributed by atoms with Crippen molar-refractivity contribution in [3.8, 4) is 17.6 Å². The molecule has 3 nitrogen and oxygen atoms in total. The molecule has 2 aromatic carbocycles. The van der Waals surface area contributed by atoms with Crippen molar-refractivity contribution in [3.05, 3.63) is 69.8 Å². The van der Waals surface area contributed by atoms with Crippen LogP contribution < -0.4 is 4.74 Å². The molecule has 2 aliphatic carbocycles. The normalized spacial score (nSPS) is 20.1. The highest BCUT2D eigenvalue weighted by Crippen LogP contribution is 2.56. The summed E-state index contributed by atoms with van der Waals surface area (Å²) in [7, 11) is 0. The van der Waals surface area contributed by atoms with Gasteiger partial charge in [-0.25, -0.2) is 4.79 Å². The van der Waals surface area contributed by atoms with Gasteiger partial charge in [0.05, 0.1) is 0 Å². The van der Waals surface area contributed by atoms with Crippen molar-refractivity contribution in [2.45, 2.75) is 77.2 Å². The number of rotatable bonds is 3.